The predicted molar refractivity (Wildman–Crippen MR) is 68.4 cm³/mol. The van der Waals surface area contributed by atoms with Crippen molar-refractivity contribution in [1.82, 2.24) is 4.90 Å². The van der Waals surface area contributed by atoms with E-state index < -0.39 is 16.4 Å². The number of halogens is 1. The number of carbonyl (C=O) groups excluding carboxylic acids is 1. The third-order valence-electron chi connectivity index (χ3n) is 2.37. The minimum Gasteiger partial charge on any atom is -0.341 e. The van der Waals surface area contributed by atoms with Gasteiger partial charge in [-0.2, -0.15) is 16.2 Å². The van der Waals surface area contributed by atoms with Crippen molar-refractivity contribution in [2.45, 2.75) is 0 Å². The Labute approximate surface area is 108 Å². The van der Waals surface area contributed by atoms with Crippen molar-refractivity contribution in [1.29, 1.82) is 0 Å². The summed E-state index contributed by atoms with van der Waals surface area (Å²) >= 11 is 1.59. The second kappa shape index (κ2) is 6.34. The lowest BCUT2D eigenvalue weighted by Crippen LogP contribution is -2.28. The van der Waals surface area contributed by atoms with E-state index in [4.69, 9.17) is 0 Å². The molecule has 0 saturated carbocycles. The van der Waals surface area contributed by atoms with Gasteiger partial charge in [-0.1, -0.05) is 0 Å². The van der Waals surface area contributed by atoms with E-state index in [2.05, 4.69) is 0 Å². The van der Waals surface area contributed by atoms with E-state index in [0.29, 0.717) is 6.54 Å². The topological polar surface area (TPSA) is 63.5 Å². The molecule has 0 saturated heterocycles. The summed E-state index contributed by atoms with van der Waals surface area (Å²) in [6.45, 7) is 0.533. The van der Waals surface area contributed by atoms with Crippen LogP contribution in [0.3, 0.4) is 0 Å². The van der Waals surface area contributed by atoms with Crippen LogP contribution in [0.2, 0.25) is 0 Å². The number of nitro benzene ring substituents is 1. The molecule has 0 aromatic heterocycles. The molecule has 0 bridgehead atoms. The lowest BCUT2D eigenvalue weighted by Gasteiger charge is -2.16. The summed E-state index contributed by atoms with van der Waals surface area (Å²) in [4.78, 5) is 23.1. The molecule has 5 nitrogen and oxygen atoms in total. The lowest BCUT2D eigenvalue weighted by molar-refractivity contribution is -0.387. The number of nitrogens with zero attached hydrogens (tertiary/aromatic N) is 2. The summed E-state index contributed by atoms with van der Waals surface area (Å²) in [5, 5.41) is 10.6. The van der Waals surface area contributed by atoms with E-state index in [-0.39, 0.29) is 11.5 Å². The zero-order valence-electron chi connectivity index (χ0n) is 10.1. The Bertz CT molecular complexity index is 468. The maximum absolute atomic E-state index is 13.1. The van der Waals surface area contributed by atoms with Crippen LogP contribution in [-0.2, 0) is 0 Å². The summed E-state index contributed by atoms with van der Waals surface area (Å²) < 4.78 is 13.1. The molecule has 0 aliphatic rings. The standard InChI is InChI=1S/C11H13FN2O3S/c1-13(5-6-18-2)11(15)8-3-4-9(12)10(7-8)14(16)17/h3-4,7H,5-6H2,1-2H3. The molecular formula is C11H13FN2O3S. The summed E-state index contributed by atoms with van der Waals surface area (Å²) in [7, 11) is 1.60. The molecule has 0 aliphatic heterocycles. The van der Waals surface area contributed by atoms with Gasteiger partial charge in [0.25, 0.3) is 5.91 Å². The molecule has 0 spiro atoms. The van der Waals surface area contributed by atoms with Crippen LogP contribution >= 0.6 is 11.8 Å². The van der Waals surface area contributed by atoms with Crippen LogP contribution in [0.15, 0.2) is 18.2 Å². The van der Waals surface area contributed by atoms with Gasteiger partial charge >= 0.3 is 5.69 Å². The Hall–Kier alpha value is -1.63. The number of carbonyl (C=O) groups is 1. The number of nitro groups is 1. The average molecular weight is 272 g/mol. The smallest absolute Gasteiger partial charge is 0.305 e. The summed E-state index contributed by atoms with van der Waals surface area (Å²) in [5.41, 5.74) is -0.564. The summed E-state index contributed by atoms with van der Waals surface area (Å²) in [6.07, 6.45) is 1.92. The fraction of sp³-hybridized carbons (Fsp3) is 0.364. The van der Waals surface area contributed by atoms with Crippen LogP contribution in [0, 0.1) is 15.9 Å². The van der Waals surface area contributed by atoms with Crippen molar-refractivity contribution in [2.24, 2.45) is 0 Å². The van der Waals surface area contributed by atoms with Gasteiger partial charge in [0, 0.05) is 31.0 Å². The minimum absolute atomic E-state index is 0.117. The molecule has 98 valence electrons. The van der Waals surface area contributed by atoms with Crippen molar-refractivity contribution in [3.05, 3.63) is 39.7 Å². The molecular weight excluding hydrogens is 259 g/mol. The molecule has 1 aromatic rings. The molecule has 1 amide bonds. The minimum atomic E-state index is -0.941. The first kappa shape index (κ1) is 14.4. The van der Waals surface area contributed by atoms with Gasteiger partial charge in [0.05, 0.1) is 4.92 Å². The van der Waals surface area contributed by atoms with Crippen LogP contribution < -0.4 is 0 Å². The van der Waals surface area contributed by atoms with Crippen LogP contribution in [0.25, 0.3) is 0 Å². The van der Waals surface area contributed by atoms with Crippen LogP contribution in [0.4, 0.5) is 10.1 Å². The molecule has 0 N–H and O–H groups in total. The van der Waals surface area contributed by atoms with Gasteiger partial charge in [-0.3, -0.25) is 14.9 Å². The molecule has 0 aliphatic carbocycles. The maximum Gasteiger partial charge on any atom is 0.305 e. The van der Waals surface area contributed by atoms with Gasteiger partial charge in [-0.15, -0.1) is 0 Å². The highest BCUT2D eigenvalue weighted by Gasteiger charge is 2.19. The molecule has 0 heterocycles. The van der Waals surface area contributed by atoms with Crippen molar-refractivity contribution in [3.8, 4) is 0 Å². The normalized spacial score (nSPS) is 10.2. The monoisotopic (exact) mass is 272 g/mol. The summed E-state index contributed by atoms with van der Waals surface area (Å²) in [6, 6.07) is 3.15. The average Bonchev–Trinajstić information content (AvgIpc) is 2.35. The second-order valence-electron chi connectivity index (χ2n) is 3.64. The van der Waals surface area contributed by atoms with Crippen LogP contribution in [0.5, 0.6) is 0 Å². The summed E-state index contributed by atoms with van der Waals surface area (Å²) in [5.74, 6) is -0.526. The molecule has 1 rings (SSSR count). The number of amides is 1. The number of thioether (sulfide) groups is 1. The number of benzene rings is 1. The third kappa shape index (κ3) is 3.43. The first-order chi connectivity index (χ1) is 8.47. The molecule has 0 atom stereocenters. The van der Waals surface area contributed by atoms with Crippen LogP contribution in [-0.4, -0.2) is 41.3 Å². The van der Waals surface area contributed by atoms with E-state index in [1.807, 2.05) is 6.26 Å². The number of hydrogen-bond acceptors (Lipinski definition) is 4. The predicted octanol–water partition coefficient (Wildman–Crippen LogP) is 2.17. The van der Waals surface area contributed by atoms with E-state index in [0.717, 1.165) is 17.9 Å². The Balaban J connectivity index is 2.93. The van der Waals surface area contributed by atoms with Crippen molar-refractivity contribution in [2.75, 3.05) is 25.6 Å². The van der Waals surface area contributed by atoms with Gasteiger partial charge in [0.2, 0.25) is 5.82 Å². The fourth-order valence-corrected chi connectivity index (χ4v) is 1.79. The van der Waals surface area contributed by atoms with Gasteiger partial charge < -0.3 is 4.90 Å². The Kier molecular flexibility index (Phi) is 5.08. The number of rotatable bonds is 5. The quantitative estimate of drug-likeness (QED) is 0.608. The van der Waals surface area contributed by atoms with Gasteiger partial charge in [-0.05, 0) is 18.4 Å². The highest BCUT2D eigenvalue weighted by atomic mass is 32.2. The lowest BCUT2D eigenvalue weighted by atomic mass is 10.1. The highest BCUT2D eigenvalue weighted by molar-refractivity contribution is 7.98. The molecule has 0 fully saturated rings. The van der Waals surface area contributed by atoms with Gasteiger partial charge in [0.15, 0.2) is 0 Å². The van der Waals surface area contributed by atoms with Gasteiger partial charge in [0.1, 0.15) is 0 Å². The molecule has 0 unspecified atom stereocenters. The SMILES string of the molecule is CSCCN(C)C(=O)c1ccc(F)c([N+](=O)[O-])c1. The maximum atomic E-state index is 13.1. The van der Waals surface area contributed by atoms with Crippen molar-refractivity contribution in [3.63, 3.8) is 0 Å². The van der Waals surface area contributed by atoms with Crippen molar-refractivity contribution >= 4 is 23.4 Å². The molecule has 7 heteroatoms. The zero-order valence-corrected chi connectivity index (χ0v) is 10.9. The van der Waals surface area contributed by atoms with Crippen LogP contribution in [0.1, 0.15) is 10.4 Å². The zero-order chi connectivity index (χ0) is 13.7. The number of hydrogen-bond donors (Lipinski definition) is 0. The van der Waals surface area contributed by atoms with E-state index in [1.54, 1.807) is 18.8 Å². The fourth-order valence-electron chi connectivity index (χ4n) is 1.34. The first-order valence-electron chi connectivity index (χ1n) is 5.15. The first-order valence-corrected chi connectivity index (χ1v) is 6.55. The molecule has 0 radical (unpaired) electrons. The van der Waals surface area contributed by atoms with Gasteiger partial charge in [-0.25, -0.2) is 0 Å². The largest absolute Gasteiger partial charge is 0.341 e. The van der Waals surface area contributed by atoms with E-state index >= 15 is 0 Å². The molecule has 1 aromatic carbocycles. The Morgan fingerprint density at radius 2 is 2.22 bits per heavy atom. The van der Waals surface area contributed by atoms with E-state index in [9.17, 15) is 19.3 Å². The van der Waals surface area contributed by atoms with E-state index in [1.165, 1.54) is 11.0 Å². The third-order valence-corrected chi connectivity index (χ3v) is 2.96. The van der Waals surface area contributed by atoms with Crippen molar-refractivity contribution < 1.29 is 14.1 Å². The Morgan fingerprint density at radius 3 is 2.78 bits per heavy atom. The second-order valence-corrected chi connectivity index (χ2v) is 4.63. The highest BCUT2D eigenvalue weighted by Crippen LogP contribution is 2.19. The Morgan fingerprint density at radius 1 is 1.56 bits per heavy atom. The molecule has 18 heavy (non-hydrogen) atoms.